The van der Waals surface area contributed by atoms with Crippen molar-refractivity contribution in [3.63, 3.8) is 0 Å². The molecule has 1 atom stereocenters. The number of hydrogen-bond acceptors (Lipinski definition) is 5. The predicted molar refractivity (Wildman–Crippen MR) is 109 cm³/mol. The largest absolute Gasteiger partial charge is 0.493 e. The van der Waals surface area contributed by atoms with Gasteiger partial charge in [-0.1, -0.05) is 31.5 Å². The van der Waals surface area contributed by atoms with Gasteiger partial charge < -0.3 is 19.2 Å². The molecule has 29 heavy (non-hydrogen) atoms. The molecule has 150 valence electrons. The van der Waals surface area contributed by atoms with Gasteiger partial charge in [0.25, 0.3) is 5.91 Å². The molecule has 0 saturated heterocycles. The zero-order valence-corrected chi connectivity index (χ0v) is 16.3. The Labute approximate surface area is 168 Å². The Kier molecular flexibility index (Phi) is 5.51. The number of ether oxygens (including phenoxy) is 2. The SMILES string of the molecule is CCCc1cc(=O)oc2cc(OCC(=O)NC3CCOc4ccccc43)ccc12. The summed E-state index contributed by atoms with van der Waals surface area (Å²) >= 11 is 0. The minimum atomic E-state index is -0.381. The zero-order chi connectivity index (χ0) is 20.2. The van der Waals surface area contributed by atoms with E-state index in [0.717, 1.165) is 35.1 Å². The number of hydrogen-bond donors (Lipinski definition) is 1. The normalized spacial score (nSPS) is 15.4. The summed E-state index contributed by atoms with van der Waals surface area (Å²) in [7, 11) is 0. The molecule has 3 aromatic rings. The molecule has 1 N–H and O–H groups in total. The summed E-state index contributed by atoms with van der Waals surface area (Å²) in [6.45, 7) is 2.50. The summed E-state index contributed by atoms with van der Waals surface area (Å²) in [6.07, 6.45) is 2.45. The van der Waals surface area contributed by atoms with Crippen molar-refractivity contribution in [3.05, 3.63) is 70.1 Å². The van der Waals surface area contributed by atoms with Crippen LogP contribution < -0.4 is 20.4 Å². The molecule has 0 aliphatic carbocycles. The van der Waals surface area contributed by atoms with Gasteiger partial charge in [0.2, 0.25) is 0 Å². The highest BCUT2D eigenvalue weighted by molar-refractivity contribution is 5.82. The van der Waals surface area contributed by atoms with Gasteiger partial charge in [0, 0.05) is 29.5 Å². The number of fused-ring (bicyclic) bond motifs is 2. The summed E-state index contributed by atoms with van der Waals surface area (Å²) in [5.74, 6) is 1.07. The number of rotatable bonds is 6. The minimum Gasteiger partial charge on any atom is -0.493 e. The lowest BCUT2D eigenvalue weighted by atomic mass is 10.0. The molecule has 0 spiro atoms. The molecule has 2 aromatic carbocycles. The first-order chi connectivity index (χ1) is 14.1. The van der Waals surface area contributed by atoms with Crippen molar-refractivity contribution in [2.75, 3.05) is 13.2 Å². The first-order valence-electron chi connectivity index (χ1n) is 9.84. The predicted octanol–water partition coefficient (Wildman–Crippen LogP) is 3.76. The summed E-state index contributed by atoms with van der Waals surface area (Å²) in [4.78, 5) is 24.2. The number of aryl methyl sites for hydroxylation is 1. The fraction of sp³-hybridized carbons (Fsp3) is 0.304. The number of carbonyl (C=O) groups is 1. The molecule has 0 saturated carbocycles. The van der Waals surface area contributed by atoms with Crippen LogP contribution in [0.3, 0.4) is 0 Å². The quantitative estimate of drug-likeness (QED) is 0.645. The summed E-state index contributed by atoms with van der Waals surface area (Å²) in [5.41, 5.74) is 2.02. The average molecular weight is 393 g/mol. The molecule has 0 radical (unpaired) electrons. The Hall–Kier alpha value is -3.28. The van der Waals surface area contributed by atoms with Gasteiger partial charge in [-0.2, -0.15) is 0 Å². The molecule has 4 rings (SSSR count). The van der Waals surface area contributed by atoms with Crippen LogP contribution in [-0.2, 0) is 11.2 Å². The maximum Gasteiger partial charge on any atom is 0.336 e. The second kappa shape index (κ2) is 8.39. The maximum absolute atomic E-state index is 12.4. The van der Waals surface area contributed by atoms with Gasteiger partial charge in [0.15, 0.2) is 6.61 Å². The minimum absolute atomic E-state index is 0.0951. The van der Waals surface area contributed by atoms with Crippen molar-refractivity contribution in [1.29, 1.82) is 0 Å². The number of carbonyl (C=O) groups excluding carboxylic acids is 1. The highest BCUT2D eigenvalue weighted by Gasteiger charge is 2.22. The Balaban J connectivity index is 1.43. The van der Waals surface area contributed by atoms with Crippen LogP contribution >= 0.6 is 0 Å². The molecule has 1 aromatic heterocycles. The number of nitrogens with one attached hydrogen (secondary N) is 1. The van der Waals surface area contributed by atoms with E-state index in [9.17, 15) is 9.59 Å². The van der Waals surface area contributed by atoms with Gasteiger partial charge in [0.1, 0.15) is 17.1 Å². The molecule has 2 heterocycles. The fourth-order valence-corrected chi connectivity index (χ4v) is 3.65. The van der Waals surface area contributed by atoms with E-state index in [2.05, 4.69) is 12.2 Å². The van der Waals surface area contributed by atoms with E-state index < -0.39 is 0 Å². The topological polar surface area (TPSA) is 77.8 Å². The third-order valence-corrected chi connectivity index (χ3v) is 4.98. The van der Waals surface area contributed by atoms with Gasteiger partial charge in [-0.3, -0.25) is 4.79 Å². The molecule has 1 amide bonds. The van der Waals surface area contributed by atoms with Crippen LogP contribution in [0.1, 0.15) is 36.9 Å². The van der Waals surface area contributed by atoms with E-state index in [1.807, 2.05) is 30.3 Å². The second-order valence-electron chi connectivity index (χ2n) is 7.08. The lowest BCUT2D eigenvalue weighted by Crippen LogP contribution is -2.35. The van der Waals surface area contributed by atoms with Gasteiger partial charge in [-0.25, -0.2) is 4.79 Å². The van der Waals surface area contributed by atoms with E-state index in [0.29, 0.717) is 24.4 Å². The maximum atomic E-state index is 12.4. The van der Waals surface area contributed by atoms with Crippen molar-refractivity contribution in [1.82, 2.24) is 5.32 Å². The molecule has 0 bridgehead atoms. The van der Waals surface area contributed by atoms with Crippen LogP contribution in [0.5, 0.6) is 11.5 Å². The molecule has 6 heteroatoms. The fourth-order valence-electron chi connectivity index (χ4n) is 3.65. The standard InChI is InChI=1S/C23H23NO5/c1-2-5-15-12-23(26)29-21-13-16(8-9-17(15)21)28-14-22(25)24-19-10-11-27-20-7-4-3-6-18(19)20/h3-4,6-9,12-13,19H,2,5,10-11,14H2,1H3,(H,24,25). The van der Waals surface area contributed by atoms with Crippen LogP contribution in [0.2, 0.25) is 0 Å². The van der Waals surface area contributed by atoms with Gasteiger partial charge in [0.05, 0.1) is 12.6 Å². The first kappa shape index (κ1) is 19.1. The summed E-state index contributed by atoms with van der Waals surface area (Å²) in [5, 5.41) is 3.89. The van der Waals surface area contributed by atoms with Crippen molar-refractivity contribution < 1.29 is 18.7 Å². The number of benzene rings is 2. The summed E-state index contributed by atoms with van der Waals surface area (Å²) < 4.78 is 16.6. The van der Waals surface area contributed by atoms with Gasteiger partial charge in [-0.15, -0.1) is 0 Å². The number of amides is 1. The molecule has 1 aliphatic rings. The van der Waals surface area contributed by atoms with Gasteiger partial charge in [-0.05, 0) is 30.2 Å². The summed E-state index contributed by atoms with van der Waals surface area (Å²) in [6, 6.07) is 14.5. The van der Waals surface area contributed by atoms with E-state index >= 15 is 0 Å². The lowest BCUT2D eigenvalue weighted by molar-refractivity contribution is -0.124. The highest BCUT2D eigenvalue weighted by Crippen LogP contribution is 2.31. The highest BCUT2D eigenvalue weighted by atomic mass is 16.5. The third kappa shape index (κ3) is 4.26. The smallest absolute Gasteiger partial charge is 0.336 e. The third-order valence-electron chi connectivity index (χ3n) is 4.98. The Bertz CT molecular complexity index is 1090. The van der Waals surface area contributed by atoms with Crippen molar-refractivity contribution >= 4 is 16.9 Å². The molecule has 1 aliphatic heterocycles. The first-order valence-corrected chi connectivity index (χ1v) is 9.84. The average Bonchev–Trinajstić information content (AvgIpc) is 2.72. The zero-order valence-electron chi connectivity index (χ0n) is 16.3. The number of para-hydroxylation sites is 1. The van der Waals surface area contributed by atoms with Crippen LogP contribution in [0.25, 0.3) is 11.0 Å². The van der Waals surface area contributed by atoms with E-state index in [1.54, 1.807) is 12.1 Å². The van der Waals surface area contributed by atoms with Crippen LogP contribution in [0.4, 0.5) is 0 Å². The Morgan fingerprint density at radius 2 is 2.07 bits per heavy atom. The van der Waals surface area contributed by atoms with Crippen molar-refractivity contribution in [2.45, 2.75) is 32.2 Å². The molecule has 0 fully saturated rings. The van der Waals surface area contributed by atoms with Gasteiger partial charge >= 0.3 is 5.63 Å². The van der Waals surface area contributed by atoms with Crippen molar-refractivity contribution in [3.8, 4) is 11.5 Å². The Morgan fingerprint density at radius 3 is 2.93 bits per heavy atom. The lowest BCUT2D eigenvalue weighted by Gasteiger charge is -2.26. The monoisotopic (exact) mass is 393 g/mol. The molecular formula is C23H23NO5. The van der Waals surface area contributed by atoms with E-state index in [1.165, 1.54) is 6.07 Å². The van der Waals surface area contributed by atoms with Crippen LogP contribution in [0.15, 0.2) is 57.7 Å². The van der Waals surface area contributed by atoms with Crippen LogP contribution in [0, 0.1) is 0 Å². The molecule has 1 unspecified atom stereocenters. The Morgan fingerprint density at radius 1 is 1.21 bits per heavy atom. The van der Waals surface area contributed by atoms with E-state index in [4.69, 9.17) is 13.9 Å². The van der Waals surface area contributed by atoms with E-state index in [-0.39, 0.29) is 24.2 Å². The molecule has 6 nitrogen and oxygen atoms in total. The van der Waals surface area contributed by atoms with Crippen molar-refractivity contribution in [2.24, 2.45) is 0 Å². The molecular weight excluding hydrogens is 370 g/mol. The second-order valence-corrected chi connectivity index (χ2v) is 7.08. The van der Waals surface area contributed by atoms with Crippen LogP contribution in [-0.4, -0.2) is 19.1 Å².